The van der Waals surface area contributed by atoms with Gasteiger partial charge in [-0.2, -0.15) is 0 Å². The quantitative estimate of drug-likeness (QED) is 0.578. The zero-order valence-corrected chi connectivity index (χ0v) is 17.7. The van der Waals surface area contributed by atoms with Crippen LogP contribution < -0.4 is 10.1 Å². The Kier molecular flexibility index (Phi) is 7.50. The number of morpholine rings is 1. The highest BCUT2D eigenvalue weighted by molar-refractivity contribution is 5.91. The molecule has 1 saturated heterocycles. The summed E-state index contributed by atoms with van der Waals surface area (Å²) in [6.07, 6.45) is 1.79. The Bertz CT molecular complexity index is 773. The van der Waals surface area contributed by atoms with Crippen LogP contribution in [0.25, 0.3) is 0 Å². The van der Waals surface area contributed by atoms with Crippen LogP contribution in [0.5, 0.6) is 5.75 Å². The number of carbonyl (C=O) groups is 3. The van der Waals surface area contributed by atoms with Crippen LogP contribution in [-0.4, -0.2) is 79.0 Å². The van der Waals surface area contributed by atoms with E-state index in [1.807, 2.05) is 29.2 Å². The summed E-state index contributed by atoms with van der Waals surface area (Å²) in [5.41, 5.74) is 0.456. The lowest BCUT2D eigenvalue weighted by molar-refractivity contribution is -0.139. The molecule has 9 heteroatoms. The van der Waals surface area contributed by atoms with E-state index in [0.717, 1.165) is 24.2 Å². The van der Waals surface area contributed by atoms with Crippen molar-refractivity contribution in [2.75, 3.05) is 33.4 Å². The molecule has 1 aromatic carbocycles. The Labute approximate surface area is 181 Å². The first kappa shape index (κ1) is 23.0. The molecule has 2 amide bonds. The molecule has 2 aliphatic carbocycles. The van der Waals surface area contributed by atoms with Gasteiger partial charge >= 0.3 is 0 Å². The first-order chi connectivity index (χ1) is 14.9. The number of aliphatic hydroxyl groups excluding tert-OH is 1. The number of carboxylic acid groups (broad SMARTS) is 1. The molecular weight excluding hydrogens is 404 g/mol. The van der Waals surface area contributed by atoms with Gasteiger partial charge in [0.25, 0.3) is 6.47 Å². The molecule has 0 spiro atoms. The summed E-state index contributed by atoms with van der Waals surface area (Å²) in [4.78, 5) is 35.9. The van der Waals surface area contributed by atoms with Crippen LogP contribution in [0, 0.1) is 5.92 Å². The van der Waals surface area contributed by atoms with Crippen LogP contribution in [0.4, 0.5) is 0 Å². The molecule has 3 N–H and O–H groups in total. The zero-order valence-electron chi connectivity index (χ0n) is 17.7. The second-order valence-electron chi connectivity index (χ2n) is 8.17. The van der Waals surface area contributed by atoms with Crippen molar-refractivity contribution in [3.05, 3.63) is 29.8 Å². The van der Waals surface area contributed by atoms with Crippen LogP contribution in [-0.2, 0) is 24.5 Å². The van der Waals surface area contributed by atoms with Gasteiger partial charge in [-0.15, -0.1) is 0 Å². The molecule has 0 unspecified atom stereocenters. The lowest BCUT2D eigenvalue weighted by atomic mass is 9.94. The average Bonchev–Trinajstić information content (AvgIpc) is 3.53. The minimum absolute atomic E-state index is 0.0545. The maximum atomic E-state index is 13.0. The summed E-state index contributed by atoms with van der Waals surface area (Å²) < 4.78 is 10.5. The van der Waals surface area contributed by atoms with Gasteiger partial charge in [-0.05, 0) is 43.4 Å². The number of amides is 2. The van der Waals surface area contributed by atoms with E-state index in [-0.39, 0.29) is 30.2 Å². The largest absolute Gasteiger partial charge is 0.497 e. The molecule has 1 heterocycles. The molecule has 9 nitrogen and oxygen atoms in total. The van der Waals surface area contributed by atoms with Crippen molar-refractivity contribution in [1.82, 2.24) is 10.2 Å². The maximum absolute atomic E-state index is 13.0. The molecule has 0 bridgehead atoms. The summed E-state index contributed by atoms with van der Waals surface area (Å²) in [6, 6.07) is 7.22. The number of ether oxygens (including phenoxy) is 2. The Hall–Kier alpha value is -2.65. The Morgan fingerprint density at radius 2 is 1.81 bits per heavy atom. The number of carbonyl (C=O) groups excluding carboxylic acids is 2. The van der Waals surface area contributed by atoms with Crippen LogP contribution in [0.1, 0.15) is 31.2 Å². The molecule has 1 aliphatic heterocycles. The molecule has 2 saturated carbocycles. The fourth-order valence-electron chi connectivity index (χ4n) is 4.40. The Morgan fingerprint density at radius 3 is 2.35 bits per heavy atom. The van der Waals surface area contributed by atoms with E-state index >= 15 is 0 Å². The SMILES string of the molecule is COc1ccc(C2(C(=O)N[C@@H]3C[C@H](C(=O)N4CCOCC4)C[C@H]3O)CC2)cc1.O=CO. The number of benzene rings is 1. The van der Waals surface area contributed by atoms with E-state index in [1.165, 1.54) is 0 Å². The molecule has 1 aromatic rings. The number of nitrogens with zero attached hydrogens (tertiary/aromatic N) is 1. The molecule has 3 aliphatic rings. The third-order valence-electron chi connectivity index (χ3n) is 6.34. The van der Waals surface area contributed by atoms with E-state index in [1.54, 1.807) is 7.11 Å². The van der Waals surface area contributed by atoms with Gasteiger partial charge in [0.15, 0.2) is 0 Å². The number of methoxy groups -OCH3 is 1. The Balaban J connectivity index is 0.000000858. The van der Waals surface area contributed by atoms with Crippen LogP contribution in [0.15, 0.2) is 24.3 Å². The minimum atomic E-state index is -0.689. The Morgan fingerprint density at radius 1 is 1.19 bits per heavy atom. The lowest BCUT2D eigenvalue weighted by Gasteiger charge is -2.29. The first-order valence-corrected chi connectivity index (χ1v) is 10.5. The smallest absolute Gasteiger partial charge is 0.290 e. The highest BCUT2D eigenvalue weighted by atomic mass is 16.5. The average molecular weight is 434 g/mol. The summed E-state index contributed by atoms with van der Waals surface area (Å²) >= 11 is 0. The van der Waals surface area contributed by atoms with Crippen LogP contribution in [0.3, 0.4) is 0 Å². The molecule has 3 fully saturated rings. The van der Waals surface area contributed by atoms with Gasteiger partial charge in [0, 0.05) is 19.0 Å². The highest BCUT2D eigenvalue weighted by Crippen LogP contribution is 2.49. The molecule has 31 heavy (non-hydrogen) atoms. The van der Waals surface area contributed by atoms with E-state index in [9.17, 15) is 14.7 Å². The summed E-state index contributed by atoms with van der Waals surface area (Å²) in [7, 11) is 1.62. The van der Waals surface area contributed by atoms with Crippen molar-refractivity contribution < 1.29 is 34.1 Å². The highest BCUT2D eigenvalue weighted by Gasteiger charge is 2.52. The lowest BCUT2D eigenvalue weighted by Crippen LogP contribution is -2.45. The van der Waals surface area contributed by atoms with Gasteiger partial charge in [0.05, 0.1) is 37.9 Å². The first-order valence-electron chi connectivity index (χ1n) is 10.5. The van der Waals surface area contributed by atoms with E-state index in [2.05, 4.69) is 5.32 Å². The molecule has 3 atom stereocenters. The van der Waals surface area contributed by atoms with Crippen molar-refractivity contribution in [3.8, 4) is 5.75 Å². The maximum Gasteiger partial charge on any atom is 0.290 e. The molecule has 4 rings (SSSR count). The molecule has 0 radical (unpaired) electrons. The predicted molar refractivity (Wildman–Crippen MR) is 111 cm³/mol. The van der Waals surface area contributed by atoms with Gasteiger partial charge in [-0.3, -0.25) is 14.4 Å². The fourth-order valence-corrected chi connectivity index (χ4v) is 4.40. The summed E-state index contributed by atoms with van der Waals surface area (Å²) in [5.74, 6) is 0.529. The monoisotopic (exact) mass is 434 g/mol. The number of hydrogen-bond donors (Lipinski definition) is 3. The topological polar surface area (TPSA) is 125 Å². The van der Waals surface area contributed by atoms with Gasteiger partial charge in [0.1, 0.15) is 5.75 Å². The summed E-state index contributed by atoms with van der Waals surface area (Å²) in [5, 5.41) is 20.4. The molecular formula is C22H30N2O7. The van der Waals surface area contributed by atoms with E-state index < -0.39 is 11.5 Å². The van der Waals surface area contributed by atoms with Crippen molar-refractivity contribution in [2.45, 2.75) is 43.2 Å². The summed E-state index contributed by atoms with van der Waals surface area (Å²) in [6.45, 7) is 2.07. The van der Waals surface area contributed by atoms with E-state index in [0.29, 0.717) is 39.1 Å². The zero-order chi connectivity index (χ0) is 22.4. The van der Waals surface area contributed by atoms with Crippen LogP contribution in [0.2, 0.25) is 0 Å². The van der Waals surface area contributed by atoms with Gasteiger partial charge in [-0.25, -0.2) is 0 Å². The van der Waals surface area contributed by atoms with Gasteiger partial charge < -0.3 is 29.9 Å². The number of hydrogen-bond acceptors (Lipinski definition) is 6. The van der Waals surface area contributed by atoms with Crippen molar-refractivity contribution in [2.24, 2.45) is 5.92 Å². The standard InChI is InChI=1S/C21H28N2O5.CH2O2/c1-27-16-4-2-15(3-5-16)21(6-7-21)20(26)22-17-12-14(13-18(17)24)19(25)23-8-10-28-11-9-23;2-1-3/h2-5,14,17-18,24H,6-13H2,1H3,(H,22,26);1H,(H,2,3)/t14-,17+,18+;/m0./s1. The van der Waals surface area contributed by atoms with E-state index in [4.69, 9.17) is 19.4 Å². The third kappa shape index (κ3) is 5.16. The van der Waals surface area contributed by atoms with Crippen LogP contribution >= 0.6 is 0 Å². The fraction of sp³-hybridized carbons (Fsp3) is 0.591. The second-order valence-corrected chi connectivity index (χ2v) is 8.17. The minimum Gasteiger partial charge on any atom is -0.497 e. The number of aliphatic hydroxyl groups is 1. The van der Waals surface area contributed by atoms with Crippen molar-refractivity contribution in [3.63, 3.8) is 0 Å². The van der Waals surface area contributed by atoms with Crippen molar-refractivity contribution >= 4 is 18.3 Å². The van der Waals surface area contributed by atoms with Gasteiger partial charge in [0.2, 0.25) is 11.8 Å². The molecule has 0 aromatic heterocycles. The predicted octanol–water partition coefficient (Wildman–Crippen LogP) is 0.542. The molecule has 170 valence electrons. The van der Waals surface area contributed by atoms with Crippen molar-refractivity contribution in [1.29, 1.82) is 0 Å². The normalized spacial score (nSPS) is 26.3. The number of rotatable bonds is 5. The second kappa shape index (κ2) is 10.1. The third-order valence-corrected chi connectivity index (χ3v) is 6.34. The van der Waals surface area contributed by atoms with Gasteiger partial charge in [-0.1, -0.05) is 12.1 Å². The number of nitrogens with one attached hydrogen (secondary N) is 1.